The molecule has 4 rings (SSSR count). The van der Waals surface area contributed by atoms with E-state index in [9.17, 15) is 14.0 Å². The van der Waals surface area contributed by atoms with Crippen molar-refractivity contribution in [2.24, 2.45) is 5.92 Å². The molecule has 0 saturated carbocycles. The second kappa shape index (κ2) is 10.8. The molecule has 2 saturated heterocycles. The highest BCUT2D eigenvalue weighted by Crippen LogP contribution is 2.26. The molecule has 1 atom stereocenters. The fourth-order valence-electron chi connectivity index (χ4n) is 5.03. The van der Waals surface area contributed by atoms with Gasteiger partial charge in [-0.3, -0.25) is 14.5 Å². The molecule has 3 heterocycles. The first-order chi connectivity index (χ1) is 16.4. The lowest BCUT2D eigenvalue weighted by atomic mass is 10.0. The van der Waals surface area contributed by atoms with Crippen LogP contribution in [0.25, 0.3) is 0 Å². The quantitative estimate of drug-likeness (QED) is 0.677. The van der Waals surface area contributed by atoms with Crippen LogP contribution in [0.4, 0.5) is 4.39 Å². The SMILES string of the molecule is CNC(=O)[C@@H]1CCN(C2CCN(C(=O)c3ncnc(CCc4ccc(Cl)c(F)c4)c3C)CC2)C1. The van der Waals surface area contributed by atoms with Crippen molar-refractivity contribution in [2.75, 3.05) is 33.2 Å². The Balaban J connectivity index is 1.34. The van der Waals surface area contributed by atoms with E-state index in [1.165, 1.54) is 12.4 Å². The summed E-state index contributed by atoms with van der Waals surface area (Å²) in [4.78, 5) is 38.1. The maximum absolute atomic E-state index is 13.7. The van der Waals surface area contributed by atoms with Gasteiger partial charge in [0.2, 0.25) is 5.91 Å². The molecule has 1 aromatic carbocycles. The number of aryl methyl sites for hydroxylation is 2. The van der Waals surface area contributed by atoms with Gasteiger partial charge in [0.15, 0.2) is 0 Å². The third-order valence-corrected chi connectivity index (χ3v) is 7.44. The predicted molar refractivity (Wildman–Crippen MR) is 128 cm³/mol. The molecule has 0 radical (unpaired) electrons. The third-order valence-electron chi connectivity index (χ3n) is 7.13. The summed E-state index contributed by atoms with van der Waals surface area (Å²) in [5.74, 6) is -0.319. The summed E-state index contributed by atoms with van der Waals surface area (Å²) in [6.07, 6.45) is 5.30. The van der Waals surface area contributed by atoms with Gasteiger partial charge in [0, 0.05) is 44.0 Å². The van der Waals surface area contributed by atoms with Crippen molar-refractivity contribution in [2.45, 2.75) is 45.1 Å². The van der Waals surface area contributed by atoms with Gasteiger partial charge in [-0.1, -0.05) is 17.7 Å². The normalized spacial score (nSPS) is 19.4. The number of amides is 2. The maximum Gasteiger partial charge on any atom is 0.272 e. The van der Waals surface area contributed by atoms with Crippen LogP contribution in [0.5, 0.6) is 0 Å². The lowest BCUT2D eigenvalue weighted by Gasteiger charge is -2.36. The molecular formula is C25H31ClFN5O2. The van der Waals surface area contributed by atoms with Crippen molar-refractivity contribution in [3.8, 4) is 0 Å². The van der Waals surface area contributed by atoms with E-state index in [0.29, 0.717) is 37.7 Å². The fourth-order valence-corrected chi connectivity index (χ4v) is 5.15. The number of hydrogen-bond acceptors (Lipinski definition) is 5. The second-order valence-electron chi connectivity index (χ2n) is 9.16. The highest BCUT2D eigenvalue weighted by Gasteiger charge is 2.34. The smallest absolute Gasteiger partial charge is 0.272 e. The van der Waals surface area contributed by atoms with E-state index in [1.54, 1.807) is 19.2 Å². The summed E-state index contributed by atoms with van der Waals surface area (Å²) in [5, 5.41) is 2.86. The topological polar surface area (TPSA) is 78.4 Å². The molecule has 0 bridgehead atoms. The monoisotopic (exact) mass is 487 g/mol. The van der Waals surface area contributed by atoms with Gasteiger partial charge in [0.25, 0.3) is 5.91 Å². The Hall–Kier alpha value is -2.58. The predicted octanol–water partition coefficient (Wildman–Crippen LogP) is 3.04. The average molecular weight is 488 g/mol. The highest BCUT2D eigenvalue weighted by molar-refractivity contribution is 6.30. The minimum absolute atomic E-state index is 0.0658. The molecular weight excluding hydrogens is 457 g/mol. The number of likely N-dealkylation sites (tertiary alicyclic amines) is 2. The Morgan fingerprint density at radius 3 is 2.62 bits per heavy atom. The van der Waals surface area contributed by atoms with Crippen LogP contribution < -0.4 is 5.32 Å². The Labute approximate surface area is 204 Å². The van der Waals surface area contributed by atoms with Crippen LogP contribution in [0.15, 0.2) is 24.5 Å². The van der Waals surface area contributed by atoms with Crippen molar-refractivity contribution in [1.82, 2.24) is 25.1 Å². The molecule has 2 aliphatic rings. The zero-order valence-corrected chi connectivity index (χ0v) is 20.4. The molecule has 7 nitrogen and oxygen atoms in total. The van der Waals surface area contributed by atoms with Crippen molar-refractivity contribution in [3.05, 3.63) is 57.9 Å². The first kappa shape index (κ1) is 24.5. The van der Waals surface area contributed by atoms with Crippen LogP contribution in [0.3, 0.4) is 0 Å². The van der Waals surface area contributed by atoms with Crippen LogP contribution in [0.2, 0.25) is 5.02 Å². The number of carbonyl (C=O) groups is 2. The Morgan fingerprint density at radius 2 is 1.91 bits per heavy atom. The summed E-state index contributed by atoms with van der Waals surface area (Å²) in [7, 11) is 1.69. The van der Waals surface area contributed by atoms with Gasteiger partial charge in [-0.2, -0.15) is 0 Å². The number of hydrogen-bond donors (Lipinski definition) is 1. The molecule has 2 fully saturated rings. The largest absolute Gasteiger partial charge is 0.359 e. The number of benzene rings is 1. The molecule has 0 spiro atoms. The van der Waals surface area contributed by atoms with E-state index >= 15 is 0 Å². The van der Waals surface area contributed by atoms with Crippen LogP contribution in [-0.2, 0) is 17.6 Å². The van der Waals surface area contributed by atoms with Gasteiger partial charge in [-0.15, -0.1) is 0 Å². The Morgan fingerprint density at radius 1 is 1.15 bits per heavy atom. The highest BCUT2D eigenvalue weighted by atomic mass is 35.5. The van der Waals surface area contributed by atoms with Crippen molar-refractivity contribution in [3.63, 3.8) is 0 Å². The summed E-state index contributed by atoms with van der Waals surface area (Å²) < 4.78 is 13.7. The molecule has 9 heteroatoms. The Bertz CT molecular complexity index is 1060. The Kier molecular flexibility index (Phi) is 7.78. The van der Waals surface area contributed by atoms with Gasteiger partial charge in [0.05, 0.1) is 10.9 Å². The minimum Gasteiger partial charge on any atom is -0.359 e. The van der Waals surface area contributed by atoms with E-state index in [0.717, 1.165) is 49.2 Å². The standard InChI is InChI=1S/C25H31ClFN5O2/c1-16-22(6-4-17-3-5-20(26)21(27)13-17)29-15-30-23(16)25(34)31-11-8-19(9-12-31)32-10-7-18(14-32)24(33)28-2/h3,5,13,15,18-19H,4,6-12,14H2,1-2H3,(H,28,33)/t18-/m1/s1. The van der Waals surface area contributed by atoms with E-state index in [2.05, 4.69) is 20.2 Å². The summed E-state index contributed by atoms with van der Waals surface area (Å²) in [6.45, 7) is 4.95. The summed E-state index contributed by atoms with van der Waals surface area (Å²) >= 11 is 5.77. The van der Waals surface area contributed by atoms with Crippen molar-refractivity contribution < 1.29 is 14.0 Å². The third kappa shape index (κ3) is 5.39. The molecule has 1 N–H and O–H groups in total. The summed E-state index contributed by atoms with van der Waals surface area (Å²) in [6, 6.07) is 5.20. The number of carbonyl (C=O) groups excluding carboxylic acids is 2. The van der Waals surface area contributed by atoms with E-state index < -0.39 is 5.82 Å². The fraction of sp³-hybridized carbons (Fsp3) is 0.520. The molecule has 0 unspecified atom stereocenters. The first-order valence-electron chi connectivity index (χ1n) is 11.9. The maximum atomic E-state index is 13.7. The van der Waals surface area contributed by atoms with Crippen LogP contribution >= 0.6 is 11.6 Å². The van der Waals surface area contributed by atoms with Crippen LogP contribution in [0.1, 0.15) is 46.6 Å². The summed E-state index contributed by atoms with van der Waals surface area (Å²) in [5.41, 5.74) is 2.83. The lowest BCUT2D eigenvalue weighted by molar-refractivity contribution is -0.124. The van der Waals surface area contributed by atoms with E-state index in [4.69, 9.17) is 11.6 Å². The van der Waals surface area contributed by atoms with Crippen molar-refractivity contribution >= 4 is 23.4 Å². The number of nitrogens with one attached hydrogen (secondary N) is 1. The molecule has 2 aromatic rings. The number of halogens is 2. The molecule has 2 aliphatic heterocycles. The second-order valence-corrected chi connectivity index (χ2v) is 9.57. The molecule has 1 aromatic heterocycles. The number of nitrogens with zero attached hydrogens (tertiary/aromatic N) is 4. The minimum atomic E-state index is -0.434. The molecule has 34 heavy (non-hydrogen) atoms. The molecule has 0 aliphatic carbocycles. The van der Waals surface area contributed by atoms with Gasteiger partial charge in [0.1, 0.15) is 17.8 Å². The lowest BCUT2D eigenvalue weighted by Crippen LogP contribution is -2.46. The average Bonchev–Trinajstić information content (AvgIpc) is 3.35. The number of aromatic nitrogens is 2. The van der Waals surface area contributed by atoms with Gasteiger partial charge in [-0.25, -0.2) is 14.4 Å². The first-order valence-corrected chi connectivity index (χ1v) is 12.2. The van der Waals surface area contributed by atoms with Crippen LogP contribution in [-0.4, -0.2) is 70.9 Å². The van der Waals surface area contributed by atoms with Crippen LogP contribution in [0, 0.1) is 18.7 Å². The van der Waals surface area contributed by atoms with E-state index in [-0.39, 0.29) is 22.8 Å². The van der Waals surface area contributed by atoms with Gasteiger partial charge in [-0.05, 0) is 63.3 Å². The molecule has 182 valence electrons. The number of piperidine rings is 1. The van der Waals surface area contributed by atoms with E-state index in [1.807, 2.05) is 11.8 Å². The van der Waals surface area contributed by atoms with Gasteiger partial charge >= 0.3 is 0 Å². The number of rotatable bonds is 6. The molecule has 2 amide bonds. The van der Waals surface area contributed by atoms with Gasteiger partial charge < -0.3 is 10.2 Å². The zero-order valence-electron chi connectivity index (χ0n) is 19.7. The van der Waals surface area contributed by atoms with Crippen molar-refractivity contribution in [1.29, 1.82) is 0 Å². The zero-order chi connectivity index (χ0) is 24.2.